The summed E-state index contributed by atoms with van der Waals surface area (Å²) in [4.78, 5) is 4.25. The topological polar surface area (TPSA) is 64.9 Å². The van der Waals surface area contributed by atoms with Gasteiger partial charge in [0.25, 0.3) is 5.89 Å². The van der Waals surface area contributed by atoms with Gasteiger partial charge in [-0.1, -0.05) is 33.2 Å². The molecule has 3 aromatic rings. The van der Waals surface area contributed by atoms with Crippen LogP contribution in [0.5, 0.6) is 0 Å². The van der Waals surface area contributed by atoms with Crippen LogP contribution in [0.25, 0.3) is 22.8 Å². The Morgan fingerprint density at radius 3 is 2.80 bits per heavy atom. The van der Waals surface area contributed by atoms with Gasteiger partial charge < -0.3 is 10.3 Å². The average molecular weight is 334 g/mol. The van der Waals surface area contributed by atoms with Gasteiger partial charge in [0, 0.05) is 15.7 Å². The number of rotatable bonds is 2. The molecule has 1 heterocycles. The standard InChI is InChI=1S/C14H9BrFN3O/c15-9-4-5-12(17)11(7-9)14-18-13(19-20-14)8-2-1-3-10(16)6-8/h1-7H,17H2. The fraction of sp³-hybridized carbons (Fsp3) is 0. The van der Waals surface area contributed by atoms with Crippen LogP contribution in [-0.2, 0) is 0 Å². The van der Waals surface area contributed by atoms with E-state index in [1.54, 1.807) is 24.3 Å². The Hall–Kier alpha value is -2.21. The van der Waals surface area contributed by atoms with Gasteiger partial charge in [-0.2, -0.15) is 4.98 Å². The Morgan fingerprint density at radius 2 is 2.00 bits per heavy atom. The molecule has 6 heteroatoms. The van der Waals surface area contributed by atoms with Crippen LogP contribution in [0.3, 0.4) is 0 Å². The Morgan fingerprint density at radius 1 is 1.15 bits per heavy atom. The van der Waals surface area contributed by atoms with Gasteiger partial charge >= 0.3 is 0 Å². The molecule has 0 saturated heterocycles. The molecule has 100 valence electrons. The number of benzene rings is 2. The second-order valence-corrected chi connectivity index (χ2v) is 5.08. The normalized spacial score (nSPS) is 10.7. The SMILES string of the molecule is Nc1ccc(Br)cc1-c1nc(-c2cccc(F)c2)no1. The highest BCUT2D eigenvalue weighted by molar-refractivity contribution is 9.10. The number of anilines is 1. The summed E-state index contributed by atoms with van der Waals surface area (Å²) >= 11 is 3.36. The lowest BCUT2D eigenvalue weighted by Crippen LogP contribution is -1.90. The lowest BCUT2D eigenvalue weighted by Gasteiger charge is -2.00. The Balaban J connectivity index is 2.04. The molecule has 0 unspecified atom stereocenters. The number of aromatic nitrogens is 2. The summed E-state index contributed by atoms with van der Waals surface area (Å²) < 4.78 is 19.2. The molecule has 0 aliphatic rings. The van der Waals surface area contributed by atoms with Gasteiger partial charge in [-0.3, -0.25) is 0 Å². The van der Waals surface area contributed by atoms with Crippen molar-refractivity contribution in [3.63, 3.8) is 0 Å². The largest absolute Gasteiger partial charge is 0.398 e. The van der Waals surface area contributed by atoms with Crippen LogP contribution >= 0.6 is 15.9 Å². The maximum atomic E-state index is 13.2. The monoisotopic (exact) mass is 333 g/mol. The minimum atomic E-state index is -0.351. The molecule has 0 fully saturated rings. The molecule has 2 N–H and O–H groups in total. The third kappa shape index (κ3) is 2.42. The van der Waals surface area contributed by atoms with E-state index < -0.39 is 0 Å². The van der Waals surface area contributed by atoms with Crippen molar-refractivity contribution in [2.24, 2.45) is 0 Å². The number of nitrogen functional groups attached to an aromatic ring is 1. The van der Waals surface area contributed by atoms with Crippen LogP contribution < -0.4 is 5.73 Å². The van der Waals surface area contributed by atoms with Crippen LogP contribution in [0.4, 0.5) is 10.1 Å². The quantitative estimate of drug-likeness (QED) is 0.722. The molecule has 20 heavy (non-hydrogen) atoms. The zero-order valence-corrected chi connectivity index (χ0v) is 11.8. The highest BCUT2D eigenvalue weighted by Gasteiger charge is 2.13. The molecule has 0 spiro atoms. The van der Waals surface area contributed by atoms with E-state index >= 15 is 0 Å². The molecule has 0 saturated carbocycles. The summed E-state index contributed by atoms with van der Waals surface area (Å²) in [6, 6.07) is 11.4. The first-order valence-corrected chi connectivity index (χ1v) is 6.58. The number of halogens is 2. The van der Waals surface area contributed by atoms with E-state index in [1.807, 2.05) is 6.07 Å². The van der Waals surface area contributed by atoms with Crippen molar-refractivity contribution in [2.45, 2.75) is 0 Å². The zero-order chi connectivity index (χ0) is 14.1. The van der Waals surface area contributed by atoms with Gasteiger partial charge in [-0.05, 0) is 30.3 Å². The van der Waals surface area contributed by atoms with Crippen molar-refractivity contribution in [1.29, 1.82) is 0 Å². The van der Waals surface area contributed by atoms with Gasteiger partial charge in [-0.15, -0.1) is 0 Å². The third-order valence-electron chi connectivity index (χ3n) is 2.75. The summed E-state index contributed by atoms with van der Waals surface area (Å²) in [6.07, 6.45) is 0. The molecule has 0 bridgehead atoms. The second-order valence-electron chi connectivity index (χ2n) is 4.17. The van der Waals surface area contributed by atoms with E-state index in [0.717, 1.165) is 4.47 Å². The first-order chi connectivity index (χ1) is 9.63. The van der Waals surface area contributed by atoms with E-state index in [9.17, 15) is 4.39 Å². The number of nitrogens with two attached hydrogens (primary N) is 1. The summed E-state index contributed by atoms with van der Waals surface area (Å²) in [5, 5.41) is 3.85. The number of nitrogens with zero attached hydrogens (tertiary/aromatic N) is 2. The fourth-order valence-electron chi connectivity index (χ4n) is 1.79. The van der Waals surface area contributed by atoms with E-state index in [1.165, 1.54) is 12.1 Å². The minimum absolute atomic E-state index is 0.295. The van der Waals surface area contributed by atoms with Gasteiger partial charge in [0.2, 0.25) is 5.82 Å². The van der Waals surface area contributed by atoms with Crippen LogP contribution in [-0.4, -0.2) is 10.1 Å². The molecular weight excluding hydrogens is 325 g/mol. The predicted octanol–water partition coefficient (Wildman–Crippen LogP) is 3.89. The van der Waals surface area contributed by atoms with Crippen LogP contribution in [0.2, 0.25) is 0 Å². The maximum absolute atomic E-state index is 13.2. The van der Waals surface area contributed by atoms with E-state index in [4.69, 9.17) is 10.3 Å². The summed E-state index contributed by atoms with van der Waals surface area (Å²) in [7, 11) is 0. The molecule has 0 aliphatic heterocycles. The highest BCUT2D eigenvalue weighted by Crippen LogP contribution is 2.29. The van der Waals surface area contributed by atoms with Gasteiger partial charge in [-0.25, -0.2) is 4.39 Å². The van der Waals surface area contributed by atoms with Crippen molar-refractivity contribution in [1.82, 2.24) is 10.1 Å². The zero-order valence-electron chi connectivity index (χ0n) is 10.2. The van der Waals surface area contributed by atoms with Crippen LogP contribution in [0.1, 0.15) is 0 Å². The maximum Gasteiger partial charge on any atom is 0.260 e. The van der Waals surface area contributed by atoms with Gasteiger partial charge in [0.15, 0.2) is 0 Å². The van der Waals surface area contributed by atoms with Crippen LogP contribution in [0.15, 0.2) is 51.5 Å². The lowest BCUT2D eigenvalue weighted by atomic mass is 10.2. The Bertz CT molecular complexity index is 773. The number of hydrogen-bond donors (Lipinski definition) is 1. The molecule has 3 rings (SSSR count). The Labute approximate surface area is 122 Å². The summed E-state index contributed by atoms with van der Waals surface area (Å²) in [6.45, 7) is 0. The van der Waals surface area contributed by atoms with E-state index in [2.05, 4.69) is 26.1 Å². The molecule has 0 amide bonds. The van der Waals surface area contributed by atoms with Crippen molar-refractivity contribution in [3.05, 3.63) is 52.8 Å². The second kappa shape index (κ2) is 5.05. The molecule has 0 radical (unpaired) electrons. The summed E-state index contributed by atoms with van der Waals surface area (Å²) in [5.74, 6) is 0.262. The first kappa shape index (κ1) is 12.8. The van der Waals surface area contributed by atoms with Gasteiger partial charge in [0.05, 0.1) is 5.56 Å². The third-order valence-corrected chi connectivity index (χ3v) is 3.25. The molecule has 2 aromatic carbocycles. The van der Waals surface area contributed by atoms with E-state index in [-0.39, 0.29) is 5.82 Å². The lowest BCUT2D eigenvalue weighted by molar-refractivity contribution is 0.432. The smallest absolute Gasteiger partial charge is 0.260 e. The van der Waals surface area contributed by atoms with Crippen molar-refractivity contribution >= 4 is 21.6 Å². The van der Waals surface area contributed by atoms with Crippen molar-refractivity contribution in [3.8, 4) is 22.8 Å². The average Bonchev–Trinajstić information content (AvgIpc) is 2.91. The first-order valence-electron chi connectivity index (χ1n) is 5.78. The van der Waals surface area contributed by atoms with Crippen molar-refractivity contribution < 1.29 is 8.91 Å². The molecule has 0 aliphatic carbocycles. The molecule has 4 nitrogen and oxygen atoms in total. The Kier molecular flexibility index (Phi) is 3.23. The van der Waals surface area contributed by atoms with Gasteiger partial charge in [0.1, 0.15) is 5.82 Å². The fourth-order valence-corrected chi connectivity index (χ4v) is 2.15. The highest BCUT2D eigenvalue weighted by atomic mass is 79.9. The van der Waals surface area contributed by atoms with E-state index in [0.29, 0.717) is 28.5 Å². The van der Waals surface area contributed by atoms with Crippen LogP contribution in [0, 0.1) is 5.82 Å². The summed E-state index contributed by atoms with van der Waals surface area (Å²) in [5.41, 5.74) is 7.60. The predicted molar refractivity (Wildman–Crippen MR) is 77.2 cm³/mol. The molecule has 1 aromatic heterocycles. The number of hydrogen-bond acceptors (Lipinski definition) is 4. The molecule has 0 atom stereocenters. The van der Waals surface area contributed by atoms with Crippen molar-refractivity contribution in [2.75, 3.05) is 5.73 Å². The molecular formula is C14H9BrFN3O. The minimum Gasteiger partial charge on any atom is -0.398 e.